The summed E-state index contributed by atoms with van der Waals surface area (Å²) in [4.78, 5) is 12.0. The van der Waals surface area contributed by atoms with Gasteiger partial charge in [0.15, 0.2) is 0 Å². The van der Waals surface area contributed by atoms with E-state index < -0.39 is 5.54 Å². The Balaban J connectivity index is 2.61. The molecule has 0 radical (unpaired) electrons. The molecule has 0 spiro atoms. The van der Waals surface area contributed by atoms with Crippen molar-refractivity contribution in [2.45, 2.75) is 89.5 Å². The SMILES string of the molecule is CCCNC1(C(N)=O)CCCCCCCCCCC1. The van der Waals surface area contributed by atoms with Gasteiger partial charge in [-0.15, -0.1) is 0 Å². The van der Waals surface area contributed by atoms with Crippen molar-refractivity contribution in [1.82, 2.24) is 5.32 Å². The maximum absolute atomic E-state index is 12.0. The highest BCUT2D eigenvalue weighted by Crippen LogP contribution is 2.24. The lowest BCUT2D eigenvalue weighted by atomic mass is 9.84. The Kier molecular flexibility index (Phi) is 8.11. The zero-order valence-electron chi connectivity index (χ0n) is 12.7. The summed E-state index contributed by atoms with van der Waals surface area (Å²) in [6.45, 7) is 3.03. The molecule has 0 saturated heterocycles. The number of primary amides is 1. The molecule has 0 unspecified atom stereocenters. The van der Waals surface area contributed by atoms with Gasteiger partial charge in [0.2, 0.25) is 5.91 Å². The van der Waals surface area contributed by atoms with E-state index in [1.807, 2.05) is 0 Å². The Morgan fingerprint density at radius 3 is 1.74 bits per heavy atom. The zero-order chi connectivity index (χ0) is 14.0. The van der Waals surface area contributed by atoms with Crippen LogP contribution in [-0.4, -0.2) is 18.0 Å². The van der Waals surface area contributed by atoms with E-state index in [0.717, 1.165) is 38.6 Å². The Bertz CT molecular complexity index is 241. The van der Waals surface area contributed by atoms with Crippen LogP contribution in [0.15, 0.2) is 0 Å². The maximum Gasteiger partial charge on any atom is 0.237 e. The normalized spacial score (nSPS) is 22.2. The van der Waals surface area contributed by atoms with Crippen molar-refractivity contribution in [3.8, 4) is 0 Å². The van der Waals surface area contributed by atoms with Crippen LogP contribution in [0.2, 0.25) is 0 Å². The third-order valence-corrected chi connectivity index (χ3v) is 4.39. The van der Waals surface area contributed by atoms with Gasteiger partial charge in [0.1, 0.15) is 0 Å². The fourth-order valence-electron chi connectivity index (χ4n) is 3.09. The number of rotatable bonds is 4. The van der Waals surface area contributed by atoms with E-state index in [-0.39, 0.29) is 5.91 Å². The summed E-state index contributed by atoms with van der Waals surface area (Å²) in [6, 6.07) is 0. The molecule has 1 rings (SSSR count). The van der Waals surface area contributed by atoms with E-state index in [1.165, 1.54) is 44.9 Å². The van der Waals surface area contributed by atoms with Gasteiger partial charge >= 0.3 is 0 Å². The topological polar surface area (TPSA) is 55.1 Å². The van der Waals surface area contributed by atoms with Gasteiger partial charge in [0.25, 0.3) is 0 Å². The third-order valence-electron chi connectivity index (χ3n) is 4.39. The van der Waals surface area contributed by atoms with Crippen LogP contribution in [0.4, 0.5) is 0 Å². The van der Waals surface area contributed by atoms with Crippen molar-refractivity contribution in [2.24, 2.45) is 5.73 Å². The summed E-state index contributed by atoms with van der Waals surface area (Å²) in [5, 5.41) is 3.46. The summed E-state index contributed by atoms with van der Waals surface area (Å²) in [5.41, 5.74) is 5.29. The molecule has 0 bridgehead atoms. The number of hydrogen-bond acceptors (Lipinski definition) is 2. The molecule has 0 atom stereocenters. The molecule has 19 heavy (non-hydrogen) atoms. The minimum absolute atomic E-state index is 0.141. The van der Waals surface area contributed by atoms with Crippen molar-refractivity contribution < 1.29 is 4.79 Å². The van der Waals surface area contributed by atoms with Crippen molar-refractivity contribution in [3.63, 3.8) is 0 Å². The van der Waals surface area contributed by atoms with Crippen molar-refractivity contribution in [1.29, 1.82) is 0 Å². The first-order valence-corrected chi connectivity index (χ1v) is 8.26. The number of nitrogens with two attached hydrogens (primary N) is 1. The van der Waals surface area contributed by atoms with Gasteiger partial charge in [-0.1, -0.05) is 64.7 Å². The number of hydrogen-bond donors (Lipinski definition) is 2. The van der Waals surface area contributed by atoms with Gasteiger partial charge in [0, 0.05) is 0 Å². The van der Waals surface area contributed by atoms with Gasteiger partial charge < -0.3 is 11.1 Å². The second-order valence-electron chi connectivity index (χ2n) is 6.06. The quantitative estimate of drug-likeness (QED) is 0.819. The van der Waals surface area contributed by atoms with E-state index in [4.69, 9.17) is 5.73 Å². The van der Waals surface area contributed by atoms with Crippen LogP contribution in [0.25, 0.3) is 0 Å². The monoisotopic (exact) mass is 268 g/mol. The smallest absolute Gasteiger partial charge is 0.237 e. The first kappa shape index (κ1) is 16.5. The molecule has 1 amide bonds. The lowest BCUT2D eigenvalue weighted by Gasteiger charge is -2.32. The maximum atomic E-state index is 12.0. The number of amides is 1. The summed E-state index contributed by atoms with van der Waals surface area (Å²) < 4.78 is 0. The number of carbonyl (C=O) groups excluding carboxylic acids is 1. The molecule has 3 N–H and O–H groups in total. The highest BCUT2D eigenvalue weighted by Gasteiger charge is 2.34. The van der Waals surface area contributed by atoms with Gasteiger partial charge in [-0.25, -0.2) is 0 Å². The molecule has 0 aromatic rings. The molecule has 1 aliphatic carbocycles. The van der Waals surface area contributed by atoms with Crippen molar-refractivity contribution in [3.05, 3.63) is 0 Å². The van der Waals surface area contributed by atoms with E-state index in [2.05, 4.69) is 12.2 Å². The van der Waals surface area contributed by atoms with Crippen molar-refractivity contribution in [2.75, 3.05) is 6.54 Å². The Hall–Kier alpha value is -0.570. The van der Waals surface area contributed by atoms with Gasteiger partial charge in [-0.3, -0.25) is 4.79 Å². The lowest BCUT2D eigenvalue weighted by molar-refractivity contribution is -0.125. The zero-order valence-corrected chi connectivity index (χ0v) is 12.7. The minimum atomic E-state index is -0.435. The van der Waals surface area contributed by atoms with Crippen LogP contribution in [0, 0.1) is 0 Å². The number of carbonyl (C=O) groups is 1. The van der Waals surface area contributed by atoms with E-state index >= 15 is 0 Å². The van der Waals surface area contributed by atoms with Gasteiger partial charge in [0.05, 0.1) is 5.54 Å². The van der Waals surface area contributed by atoms with Crippen LogP contribution >= 0.6 is 0 Å². The fraction of sp³-hybridized carbons (Fsp3) is 0.938. The molecule has 1 saturated carbocycles. The molecule has 0 heterocycles. The Labute approximate surface area is 118 Å². The van der Waals surface area contributed by atoms with Crippen molar-refractivity contribution >= 4 is 5.91 Å². The van der Waals surface area contributed by atoms with E-state index in [0.29, 0.717) is 0 Å². The molecule has 1 fully saturated rings. The standard InChI is InChI=1S/C16H32N2O/c1-2-14-18-16(15(17)19)12-10-8-6-4-3-5-7-9-11-13-16/h18H,2-14H2,1H3,(H2,17,19). The summed E-state index contributed by atoms with van der Waals surface area (Å²) in [6.07, 6.45) is 14.3. The molecule has 1 aliphatic rings. The molecule has 3 heteroatoms. The van der Waals surface area contributed by atoms with Crippen LogP contribution in [0.5, 0.6) is 0 Å². The Morgan fingerprint density at radius 2 is 1.37 bits per heavy atom. The molecule has 0 aromatic heterocycles. The molecule has 0 aliphatic heterocycles. The largest absolute Gasteiger partial charge is 0.368 e. The highest BCUT2D eigenvalue weighted by molar-refractivity contribution is 5.84. The van der Waals surface area contributed by atoms with Crippen LogP contribution < -0.4 is 11.1 Å². The van der Waals surface area contributed by atoms with Crippen LogP contribution in [0.3, 0.4) is 0 Å². The summed E-state index contributed by atoms with van der Waals surface area (Å²) in [7, 11) is 0. The average molecular weight is 268 g/mol. The predicted octanol–water partition coefficient (Wildman–Crippen LogP) is 3.51. The third kappa shape index (κ3) is 5.94. The summed E-state index contributed by atoms with van der Waals surface area (Å²) in [5.74, 6) is -0.141. The molecule has 0 aromatic carbocycles. The van der Waals surface area contributed by atoms with Gasteiger partial charge in [-0.05, 0) is 25.8 Å². The predicted molar refractivity (Wildman–Crippen MR) is 81.0 cm³/mol. The molecule has 3 nitrogen and oxygen atoms in total. The second-order valence-corrected chi connectivity index (χ2v) is 6.06. The molecular formula is C16H32N2O. The van der Waals surface area contributed by atoms with E-state index in [1.54, 1.807) is 0 Å². The van der Waals surface area contributed by atoms with Gasteiger partial charge in [-0.2, -0.15) is 0 Å². The molecular weight excluding hydrogens is 236 g/mol. The fourth-order valence-corrected chi connectivity index (χ4v) is 3.09. The first-order valence-electron chi connectivity index (χ1n) is 8.26. The van der Waals surface area contributed by atoms with Crippen LogP contribution in [-0.2, 0) is 4.79 Å². The molecule has 112 valence electrons. The number of nitrogens with one attached hydrogen (secondary N) is 1. The summed E-state index contributed by atoms with van der Waals surface area (Å²) >= 11 is 0. The second kappa shape index (κ2) is 9.35. The lowest BCUT2D eigenvalue weighted by Crippen LogP contribution is -2.55. The minimum Gasteiger partial charge on any atom is -0.368 e. The van der Waals surface area contributed by atoms with Crippen LogP contribution in [0.1, 0.15) is 84.0 Å². The highest BCUT2D eigenvalue weighted by atomic mass is 16.1. The average Bonchev–Trinajstić information content (AvgIpc) is 2.38. The first-order chi connectivity index (χ1) is 9.21. The Morgan fingerprint density at radius 1 is 0.947 bits per heavy atom. The van der Waals surface area contributed by atoms with E-state index in [9.17, 15) is 4.79 Å².